The van der Waals surface area contributed by atoms with Gasteiger partial charge in [-0.2, -0.15) is 13.2 Å². The number of carbonyl (C=O) groups is 1. The first-order valence-electron chi connectivity index (χ1n) is 10.1. The summed E-state index contributed by atoms with van der Waals surface area (Å²) < 4.78 is 56.0. The highest BCUT2D eigenvalue weighted by Gasteiger charge is 2.36. The van der Waals surface area contributed by atoms with E-state index in [9.17, 15) is 18.0 Å². The second-order valence-corrected chi connectivity index (χ2v) is 7.95. The van der Waals surface area contributed by atoms with Crippen molar-refractivity contribution in [1.82, 2.24) is 0 Å². The molecule has 8 heteroatoms. The van der Waals surface area contributed by atoms with Gasteiger partial charge in [-0.25, -0.2) is 0 Å². The number of esters is 1. The molecule has 0 bridgehead atoms. The van der Waals surface area contributed by atoms with E-state index in [-0.39, 0.29) is 25.2 Å². The first-order valence-corrected chi connectivity index (χ1v) is 10.1. The number of carbonyl (C=O) groups excluding carboxylic acids is 1. The molecule has 5 nitrogen and oxygen atoms in total. The minimum atomic E-state index is -4.37. The fourth-order valence-electron chi connectivity index (χ4n) is 4.01. The van der Waals surface area contributed by atoms with E-state index in [1.807, 2.05) is 0 Å². The Morgan fingerprint density at radius 2 is 1.79 bits per heavy atom. The standard InChI is InChI=1S/C21H28F3NO4/c1-13-19(29-17-4-2-3-5-17)15(11-27-12-18(25)20(26)28-13)10-14-6-8-16(9-7-14)21(22,23)24/h6-9,13,15,17-19H,2-5,10-12,25H2,1H3. The molecular formula is C21H28F3NO4. The summed E-state index contributed by atoms with van der Waals surface area (Å²) in [5, 5.41) is 0. The van der Waals surface area contributed by atoms with Crippen molar-refractivity contribution in [3.63, 3.8) is 0 Å². The van der Waals surface area contributed by atoms with Gasteiger partial charge in [0.1, 0.15) is 12.1 Å². The van der Waals surface area contributed by atoms with Gasteiger partial charge in [-0.1, -0.05) is 25.0 Å². The molecule has 1 aromatic rings. The number of rotatable bonds is 4. The average molecular weight is 415 g/mol. The van der Waals surface area contributed by atoms with Gasteiger partial charge >= 0.3 is 12.1 Å². The lowest BCUT2D eigenvalue weighted by molar-refractivity contribution is -0.163. The minimum Gasteiger partial charge on any atom is -0.459 e. The molecule has 1 heterocycles. The Kier molecular flexibility index (Phi) is 7.19. The largest absolute Gasteiger partial charge is 0.459 e. The van der Waals surface area contributed by atoms with Gasteiger partial charge in [0.15, 0.2) is 0 Å². The van der Waals surface area contributed by atoms with E-state index >= 15 is 0 Å². The van der Waals surface area contributed by atoms with Crippen molar-refractivity contribution in [2.24, 2.45) is 11.7 Å². The molecule has 1 saturated heterocycles. The fourth-order valence-corrected chi connectivity index (χ4v) is 4.01. The Morgan fingerprint density at radius 1 is 1.14 bits per heavy atom. The minimum absolute atomic E-state index is 0.0329. The van der Waals surface area contributed by atoms with Crippen LogP contribution < -0.4 is 5.73 Å². The highest BCUT2D eigenvalue weighted by atomic mass is 19.4. The molecule has 0 aromatic heterocycles. The number of halogens is 3. The van der Waals surface area contributed by atoms with Gasteiger partial charge in [-0.3, -0.25) is 4.79 Å². The molecular weight excluding hydrogens is 387 g/mol. The van der Waals surface area contributed by atoms with Crippen LogP contribution in [-0.2, 0) is 31.6 Å². The van der Waals surface area contributed by atoms with Crippen LogP contribution in [0.3, 0.4) is 0 Å². The maximum Gasteiger partial charge on any atom is 0.416 e. The van der Waals surface area contributed by atoms with E-state index in [0.29, 0.717) is 6.42 Å². The molecule has 0 radical (unpaired) electrons. The molecule has 1 aliphatic heterocycles. The third-order valence-corrected chi connectivity index (χ3v) is 5.59. The molecule has 1 saturated carbocycles. The zero-order valence-corrected chi connectivity index (χ0v) is 16.5. The molecule has 0 spiro atoms. The van der Waals surface area contributed by atoms with Gasteiger partial charge in [-0.05, 0) is 43.9 Å². The summed E-state index contributed by atoms with van der Waals surface area (Å²) in [5.74, 6) is -0.715. The van der Waals surface area contributed by atoms with Crippen LogP contribution in [0.25, 0.3) is 0 Å². The van der Waals surface area contributed by atoms with E-state index in [1.54, 1.807) is 6.92 Å². The van der Waals surface area contributed by atoms with Crippen LogP contribution in [0.1, 0.15) is 43.7 Å². The van der Waals surface area contributed by atoms with Crippen LogP contribution in [0.15, 0.2) is 24.3 Å². The highest BCUT2D eigenvalue weighted by molar-refractivity contribution is 5.75. The van der Waals surface area contributed by atoms with Gasteiger partial charge in [0.2, 0.25) is 0 Å². The van der Waals surface area contributed by atoms with E-state index in [4.69, 9.17) is 19.9 Å². The summed E-state index contributed by atoms with van der Waals surface area (Å²) in [6, 6.07) is 4.25. The highest BCUT2D eigenvalue weighted by Crippen LogP contribution is 2.31. The zero-order chi connectivity index (χ0) is 21.0. The predicted octanol–water partition coefficient (Wildman–Crippen LogP) is 3.48. The topological polar surface area (TPSA) is 70.8 Å². The van der Waals surface area contributed by atoms with Gasteiger partial charge in [0.05, 0.1) is 31.0 Å². The summed E-state index contributed by atoms with van der Waals surface area (Å²) in [7, 11) is 0. The summed E-state index contributed by atoms with van der Waals surface area (Å²) in [4.78, 5) is 12.1. The van der Waals surface area contributed by atoms with Gasteiger partial charge < -0.3 is 19.9 Å². The van der Waals surface area contributed by atoms with E-state index in [1.165, 1.54) is 12.1 Å². The molecule has 4 unspecified atom stereocenters. The molecule has 2 fully saturated rings. The van der Waals surface area contributed by atoms with Crippen molar-refractivity contribution in [2.75, 3.05) is 13.2 Å². The molecule has 1 aromatic carbocycles. The normalized spacial score (nSPS) is 29.8. The number of ether oxygens (including phenoxy) is 3. The quantitative estimate of drug-likeness (QED) is 0.763. The van der Waals surface area contributed by atoms with Crippen molar-refractivity contribution in [2.45, 2.75) is 69.6 Å². The van der Waals surface area contributed by atoms with Crippen LogP contribution >= 0.6 is 0 Å². The first kappa shape index (κ1) is 22.1. The van der Waals surface area contributed by atoms with Gasteiger partial charge in [-0.15, -0.1) is 0 Å². The van der Waals surface area contributed by atoms with Crippen molar-refractivity contribution in [3.05, 3.63) is 35.4 Å². The van der Waals surface area contributed by atoms with Crippen molar-refractivity contribution in [3.8, 4) is 0 Å². The summed E-state index contributed by atoms with van der Waals surface area (Å²) in [5.41, 5.74) is 5.86. The monoisotopic (exact) mass is 415 g/mol. The predicted molar refractivity (Wildman–Crippen MR) is 100 cm³/mol. The van der Waals surface area contributed by atoms with Crippen LogP contribution in [0.4, 0.5) is 13.2 Å². The molecule has 29 heavy (non-hydrogen) atoms. The van der Waals surface area contributed by atoms with Crippen molar-refractivity contribution < 1.29 is 32.2 Å². The summed E-state index contributed by atoms with van der Waals surface area (Å²) >= 11 is 0. The average Bonchev–Trinajstić information content (AvgIpc) is 3.18. The Labute approximate surface area is 168 Å². The molecule has 1 aliphatic carbocycles. The maximum atomic E-state index is 12.8. The van der Waals surface area contributed by atoms with Crippen LogP contribution in [-0.4, -0.2) is 43.5 Å². The van der Waals surface area contributed by atoms with E-state index in [0.717, 1.165) is 43.4 Å². The smallest absolute Gasteiger partial charge is 0.416 e. The Morgan fingerprint density at radius 3 is 2.41 bits per heavy atom. The Hall–Kier alpha value is -1.64. The molecule has 4 atom stereocenters. The third-order valence-electron chi connectivity index (χ3n) is 5.59. The first-order chi connectivity index (χ1) is 13.7. The lowest BCUT2D eigenvalue weighted by Crippen LogP contribution is -2.43. The summed E-state index contributed by atoms with van der Waals surface area (Å²) in [6.45, 7) is 2.09. The number of benzene rings is 1. The Bertz CT molecular complexity index is 673. The van der Waals surface area contributed by atoms with E-state index in [2.05, 4.69) is 0 Å². The number of nitrogens with two attached hydrogens (primary N) is 1. The van der Waals surface area contributed by atoms with Crippen molar-refractivity contribution >= 4 is 5.97 Å². The van der Waals surface area contributed by atoms with Gasteiger partial charge in [0, 0.05) is 5.92 Å². The van der Waals surface area contributed by atoms with E-state index < -0.39 is 36.0 Å². The number of alkyl halides is 3. The molecule has 0 amide bonds. The molecule has 2 N–H and O–H groups in total. The van der Waals surface area contributed by atoms with Gasteiger partial charge in [0.25, 0.3) is 0 Å². The van der Waals surface area contributed by atoms with Crippen LogP contribution in [0.5, 0.6) is 0 Å². The number of hydrogen-bond donors (Lipinski definition) is 1. The number of hydrogen-bond acceptors (Lipinski definition) is 5. The summed E-state index contributed by atoms with van der Waals surface area (Å²) in [6.07, 6.45) is -0.697. The SMILES string of the molecule is CC1OC(=O)C(N)COCC(Cc2ccc(C(F)(F)F)cc2)C1OC1CCCC1. The number of cyclic esters (lactones) is 1. The molecule has 2 aliphatic rings. The maximum absolute atomic E-state index is 12.8. The zero-order valence-electron chi connectivity index (χ0n) is 16.5. The lowest BCUT2D eigenvalue weighted by atomic mass is 9.91. The van der Waals surface area contributed by atoms with Crippen LogP contribution in [0, 0.1) is 5.92 Å². The molecule has 3 rings (SSSR count). The lowest BCUT2D eigenvalue weighted by Gasteiger charge is -2.33. The second-order valence-electron chi connectivity index (χ2n) is 7.95. The van der Waals surface area contributed by atoms with Crippen LogP contribution in [0.2, 0.25) is 0 Å². The second kappa shape index (κ2) is 9.45. The molecule has 162 valence electrons. The third kappa shape index (κ3) is 5.93. The fraction of sp³-hybridized carbons (Fsp3) is 0.667. The van der Waals surface area contributed by atoms with Crippen molar-refractivity contribution in [1.29, 1.82) is 0 Å². The Balaban J connectivity index is 1.79.